The zero-order chi connectivity index (χ0) is 22.1. The molecule has 0 spiro atoms. The number of benzene rings is 2. The maximum Gasteiger partial charge on any atom is 0.300 e. The van der Waals surface area contributed by atoms with Crippen molar-refractivity contribution < 1.29 is 23.8 Å². The number of aryl methyl sites for hydroxylation is 2. The van der Waals surface area contributed by atoms with Gasteiger partial charge in [0.15, 0.2) is 0 Å². The summed E-state index contributed by atoms with van der Waals surface area (Å²) < 4.78 is 11.2. The second-order valence-corrected chi connectivity index (χ2v) is 7.41. The van der Waals surface area contributed by atoms with Crippen molar-refractivity contribution in [3.05, 3.63) is 88.9 Å². The lowest BCUT2D eigenvalue weighted by atomic mass is 9.99. The van der Waals surface area contributed by atoms with Crippen LogP contribution in [0.15, 0.2) is 70.7 Å². The lowest BCUT2D eigenvalue weighted by Crippen LogP contribution is -2.29. The Kier molecular flexibility index (Phi) is 5.38. The van der Waals surface area contributed by atoms with E-state index in [1.54, 1.807) is 49.4 Å². The van der Waals surface area contributed by atoms with Crippen LogP contribution in [0, 0.1) is 13.8 Å². The second kappa shape index (κ2) is 8.14. The quantitative estimate of drug-likeness (QED) is 0.362. The molecular formula is C25H23NO5. The van der Waals surface area contributed by atoms with Crippen LogP contribution in [-0.2, 0) is 9.59 Å². The van der Waals surface area contributed by atoms with E-state index in [1.807, 2.05) is 32.0 Å². The van der Waals surface area contributed by atoms with Crippen LogP contribution in [0.25, 0.3) is 5.76 Å². The summed E-state index contributed by atoms with van der Waals surface area (Å²) in [5.74, 6) is -0.0197. The molecule has 1 N–H and O–H groups in total. The Labute approximate surface area is 180 Å². The maximum absolute atomic E-state index is 13.1. The molecule has 158 valence electrons. The minimum Gasteiger partial charge on any atom is -0.507 e. The molecule has 1 amide bonds. The summed E-state index contributed by atoms with van der Waals surface area (Å²) in [6, 6.07) is 16.7. The normalized spacial score (nSPS) is 17.9. The highest BCUT2D eigenvalue weighted by molar-refractivity contribution is 6.51. The van der Waals surface area contributed by atoms with E-state index in [9.17, 15) is 14.7 Å². The second-order valence-electron chi connectivity index (χ2n) is 7.41. The number of anilines is 1. The lowest BCUT2D eigenvalue weighted by molar-refractivity contribution is -0.132. The van der Waals surface area contributed by atoms with Gasteiger partial charge in [-0.3, -0.25) is 14.5 Å². The molecule has 1 fully saturated rings. The summed E-state index contributed by atoms with van der Waals surface area (Å²) in [6.07, 6.45) is 0. The van der Waals surface area contributed by atoms with Crippen LogP contribution in [0.5, 0.6) is 5.75 Å². The van der Waals surface area contributed by atoms with Gasteiger partial charge in [0, 0.05) is 11.3 Å². The SMILES string of the molecule is CCOc1ccc(/C(O)=C2/C(=O)C(=O)N(c3cccc(C)c3)C2c2ccc(C)o2)cc1. The molecule has 1 aromatic heterocycles. The van der Waals surface area contributed by atoms with Crippen LogP contribution in [0.1, 0.15) is 35.6 Å². The lowest BCUT2D eigenvalue weighted by Gasteiger charge is -2.23. The van der Waals surface area contributed by atoms with Gasteiger partial charge in [-0.2, -0.15) is 0 Å². The summed E-state index contributed by atoms with van der Waals surface area (Å²) in [6.45, 7) is 6.09. The molecule has 4 rings (SSSR count). The summed E-state index contributed by atoms with van der Waals surface area (Å²) in [5.41, 5.74) is 1.91. The number of hydrogen-bond donors (Lipinski definition) is 1. The monoisotopic (exact) mass is 417 g/mol. The average Bonchev–Trinajstić information content (AvgIpc) is 3.29. The number of Topliss-reactive ketones (excluding diaryl/α,β-unsaturated/α-hetero) is 1. The predicted molar refractivity (Wildman–Crippen MR) is 117 cm³/mol. The van der Waals surface area contributed by atoms with Gasteiger partial charge in [0.05, 0.1) is 12.2 Å². The molecule has 1 unspecified atom stereocenters. The van der Waals surface area contributed by atoms with E-state index >= 15 is 0 Å². The van der Waals surface area contributed by atoms with Gasteiger partial charge in [0.2, 0.25) is 0 Å². The minimum absolute atomic E-state index is 0.00924. The molecule has 1 saturated heterocycles. The third-order valence-corrected chi connectivity index (χ3v) is 5.19. The molecule has 6 nitrogen and oxygen atoms in total. The third-order valence-electron chi connectivity index (χ3n) is 5.19. The fraction of sp³-hybridized carbons (Fsp3) is 0.200. The molecule has 0 aliphatic carbocycles. The van der Waals surface area contributed by atoms with Gasteiger partial charge in [0.25, 0.3) is 11.7 Å². The van der Waals surface area contributed by atoms with Crippen LogP contribution in [-0.4, -0.2) is 23.4 Å². The highest BCUT2D eigenvalue weighted by Gasteiger charge is 2.48. The van der Waals surface area contributed by atoms with Gasteiger partial charge < -0.3 is 14.3 Å². The van der Waals surface area contributed by atoms with Crippen molar-refractivity contribution in [3.8, 4) is 5.75 Å². The van der Waals surface area contributed by atoms with E-state index in [-0.39, 0.29) is 11.3 Å². The molecule has 1 aliphatic rings. The zero-order valence-electron chi connectivity index (χ0n) is 17.6. The van der Waals surface area contributed by atoms with Crippen LogP contribution >= 0.6 is 0 Å². The Morgan fingerprint density at radius 2 is 1.81 bits per heavy atom. The molecular weight excluding hydrogens is 394 g/mol. The van der Waals surface area contributed by atoms with Crippen LogP contribution in [0.3, 0.4) is 0 Å². The van der Waals surface area contributed by atoms with Gasteiger partial charge in [-0.25, -0.2) is 0 Å². The molecule has 3 aromatic rings. The number of carbonyl (C=O) groups is 2. The summed E-state index contributed by atoms with van der Waals surface area (Å²) in [7, 11) is 0. The molecule has 31 heavy (non-hydrogen) atoms. The molecule has 2 aromatic carbocycles. The van der Waals surface area contributed by atoms with E-state index in [1.165, 1.54) is 4.90 Å². The van der Waals surface area contributed by atoms with E-state index < -0.39 is 17.7 Å². The van der Waals surface area contributed by atoms with E-state index in [2.05, 4.69) is 0 Å². The van der Waals surface area contributed by atoms with E-state index in [0.717, 1.165) is 5.56 Å². The fourth-order valence-electron chi connectivity index (χ4n) is 3.78. The minimum atomic E-state index is -0.873. The van der Waals surface area contributed by atoms with Gasteiger partial charge >= 0.3 is 0 Å². The molecule has 2 heterocycles. The average molecular weight is 417 g/mol. The topological polar surface area (TPSA) is 80.0 Å². The standard InChI is InChI=1S/C25H23NO5/c1-4-30-19-11-9-17(10-12-19)23(27)21-22(20-13-8-16(3)31-20)26(25(29)24(21)28)18-7-5-6-15(2)14-18/h5-14,22,27H,4H2,1-3H3/b23-21-. The van der Waals surface area contributed by atoms with Gasteiger partial charge in [-0.15, -0.1) is 0 Å². The Balaban J connectivity index is 1.88. The molecule has 0 saturated carbocycles. The maximum atomic E-state index is 13.1. The molecule has 6 heteroatoms. The van der Waals surface area contributed by atoms with Crippen LogP contribution in [0.2, 0.25) is 0 Å². The van der Waals surface area contributed by atoms with Crippen molar-refractivity contribution in [2.45, 2.75) is 26.8 Å². The third kappa shape index (κ3) is 3.72. The first-order valence-electron chi connectivity index (χ1n) is 10.1. The van der Waals surface area contributed by atoms with Gasteiger partial charge in [-0.05, 0) is 74.9 Å². The van der Waals surface area contributed by atoms with Gasteiger partial charge in [0.1, 0.15) is 29.1 Å². The van der Waals surface area contributed by atoms with Gasteiger partial charge in [-0.1, -0.05) is 12.1 Å². The largest absolute Gasteiger partial charge is 0.507 e. The Hall–Kier alpha value is -3.80. The first-order chi connectivity index (χ1) is 14.9. The molecule has 1 atom stereocenters. The number of nitrogens with zero attached hydrogens (tertiary/aromatic N) is 1. The Morgan fingerprint density at radius 1 is 1.06 bits per heavy atom. The molecule has 0 bridgehead atoms. The summed E-state index contributed by atoms with van der Waals surface area (Å²) >= 11 is 0. The van der Waals surface area contributed by atoms with Crippen molar-refractivity contribution in [1.82, 2.24) is 0 Å². The smallest absolute Gasteiger partial charge is 0.300 e. The number of aliphatic hydroxyl groups excluding tert-OH is 1. The fourth-order valence-corrected chi connectivity index (χ4v) is 3.78. The summed E-state index contributed by atoms with van der Waals surface area (Å²) in [5, 5.41) is 11.1. The van der Waals surface area contributed by atoms with Crippen LogP contribution in [0.4, 0.5) is 5.69 Å². The number of amides is 1. The van der Waals surface area contributed by atoms with Crippen molar-refractivity contribution in [1.29, 1.82) is 0 Å². The Bertz CT molecular complexity index is 1170. The highest BCUT2D eigenvalue weighted by atomic mass is 16.5. The molecule has 1 aliphatic heterocycles. The number of rotatable bonds is 5. The van der Waals surface area contributed by atoms with E-state index in [4.69, 9.17) is 9.15 Å². The zero-order valence-corrected chi connectivity index (χ0v) is 17.6. The number of hydrogen-bond acceptors (Lipinski definition) is 5. The van der Waals surface area contributed by atoms with E-state index in [0.29, 0.717) is 35.1 Å². The number of furan rings is 1. The Morgan fingerprint density at radius 3 is 2.42 bits per heavy atom. The first kappa shape index (κ1) is 20.5. The van der Waals surface area contributed by atoms with Crippen molar-refractivity contribution in [2.24, 2.45) is 0 Å². The molecule has 0 radical (unpaired) electrons. The van der Waals surface area contributed by atoms with Crippen molar-refractivity contribution >= 4 is 23.1 Å². The number of carbonyl (C=O) groups excluding carboxylic acids is 2. The number of aliphatic hydroxyl groups is 1. The highest BCUT2D eigenvalue weighted by Crippen LogP contribution is 2.42. The summed E-state index contributed by atoms with van der Waals surface area (Å²) in [4.78, 5) is 27.5. The first-order valence-corrected chi connectivity index (χ1v) is 10.1. The van der Waals surface area contributed by atoms with Crippen LogP contribution < -0.4 is 9.64 Å². The van der Waals surface area contributed by atoms with Crippen molar-refractivity contribution in [2.75, 3.05) is 11.5 Å². The van der Waals surface area contributed by atoms with Crippen molar-refractivity contribution in [3.63, 3.8) is 0 Å². The number of ether oxygens (including phenoxy) is 1. The predicted octanol–water partition coefficient (Wildman–Crippen LogP) is 4.92. The number of ketones is 1.